The average molecular weight is 421 g/mol. The molecule has 1 aromatic carbocycles. The topological polar surface area (TPSA) is 51.0 Å². The normalized spacial score (nSPS) is 16.1. The van der Waals surface area contributed by atoms with E-state index in [2.05, 4.69) is 33.5 Å². The Morgan fingerprint density at radius 2 is 1.89 bits per heavy atom. The standard InChI is InChI=1S/C21H29ClN4OS/c1-4-25(18-9-7-6-8-10-18)20(27)15(3)28-21-24-23-19(26(21)5-2)16-11-13-17(22)14-12-16/h11-15,18H,4-10H2,1-3H3/t15-/m0/s1. The van der Waals surface area contributed by atoms with E-state index in [9.17, 15) is 4.79 Å². The van der Waals surface area contributed by atoms with Crippen LogP contribution in [0.4, 0.5) is 0 Å². The zero-order chi connectivity index (χ0) is 20.1. The minimum atomic E-state index is -0.186. The molecule has 0 radical (unpaired) electrons. The van der Waals surface area contributed by atoms with Crippen LogP contribution in [0.3, 0.4) is 0 Å². The highest BCUT2D eigenvalue weighted by Crippen LogP contribution is 2.30. The molecular weight excluding hydrogens is 392 g/mol. The van der Waals surface area contributed by atoms with Gasteiger partial charge < -0.3 is 9.47 Å². The van der Waals surface area contributed by atoms with E-state index in [0.717, 1.165) is 42.5 Å². The summed E-state index contributed by atoms with van der Waals surface area (Å²) < 4.78 is 2.06. The van der Waals surface area contributed by atoms with Crippen LogP contribution in [0.1, 0.15) is 52.9 Å². The number of amides is 1. The number of aromatic nitrogens is 3. The minimum absolute atomic E-state index is 0.186. The van der Waals surface area contributed by atoms with E-state index >= 15 is 0 Å². The first-order chi connectivity index (χ1) is 13.5. The Morgan fingerprint density at radius 3 is 2.50 bits per heavy atom. The summed E-state index contributed by atoms with van der Waals surface area (Å²) in [6.07, 6.45) is 6.00. The first kappa shape index (κ1) is 21.2. The van der Waals surface area contributed by atoms with Gasteiger partial charge in [-0.1, -0.05) is 42.6 Å². The molecule has 0 N–H and O–H groups in total. The van der Waals surface area contributed by atoms with Gasteiger partial charge in [0.15, 0.2) is 11.0 Å². The van der Waals surface area contributed by atoms with Crippen LogP contribution in [0.5, 0.6) is 0 Å². The van der Waals surface area contributed by atoms with Gasteiger partial charge in [0.2, 0.25) is 5.91 Å². The van der Waals surface area contributed by atoms with Crippen molar-refractivity contribution >= 4 is 29.3 Å². The second kappa shape index (κ2) is 9.79. The molecule has 28 heavy (non-hydrogen) atoms. The average Bonchev–Trinajstić information content (AvgIpc) is 3.12. The lowest BCUT2D eigenvalue weighted by Crippen LogP contribution is -2.44. The van der Waals surface area contributed by atoms with Crippen LogP contribution < -0.4 is 0 Å². The Labute approximate surface area is 176 Å². The SMILES string of the molecule is CCN(C(=O)[C@H](C)Sc1nnc(-c2ccc(Cl)cc2)n1CC)C1CCCCC1. The molecule has 1 heterocycles. The molecule has 0 unspecified atom stereocenters. The zero-order valence-corrected chi connectivity index (χ0v) is 18.5. The van der Waals surface area contributed by atoms with Crippen molar-refractivity contribution in [2.24, 2.45) is 0 Å². The molecule has 5 nitrogen and oxygen atoms in total. The molecule has 152 valence electrons. The molecule has 1 aliphatic carbocycles. The lowest BCUT2D eigenvalue weighted by molar-refractivity contribution is -0.133. The summed E-state index contributed by atoms with van der Waals surface area (Å²) >= 11 is 7.50. The van der Waals surface area contributed by atoms with Crippen LogP contribution in [0.25, 0.3) is 11.4 Å². The fourth-order valence-electron chi connectivity index (χ4n) is 3.90. The summed E-state index contributed by atoms with van der Waals surface area (Å²) in [5.41, 5.74) is 0.974. The van der Waals surface area contributed by atoms with Crippen LogP contribution in [0, 0.1) is 0 Å². The van der Waals surface area contributed by atoms with Crippen molar-refractivity contribution in [1.82, 2.24) is 19.7 Å². The molecule has 1 fully saturated rings. The Balaban J connectivity index is 1.75. The van der Waals surface area contributed by atoms with Crippen molar-refractivity contribution in [3.05, 3.63) is 29.3 Å². The summed E-state index contributed by atoms with van der Waals surface area (Å²) in [7, 11) is 0. The molecule has 7 heteroatoms. The lowest BCUT2D eigenvalue weighted by atomic mass is 9.94. The summed E-state index contributed by atoms with van der Waals surface area (Å²) in [6, 6.07) is 8.00. The molecule has 1 aliphatic rings. The van der Waals surface area contributed by atoms with Gasteiger partial charge in [-0.15, -0.1) is 10.2 Å². The van der Waals surface area contributed by atoms with Gasteiger partial charge in [-0.25, -0.2) is 0 Å². The van der Waals surface area contributed by atoms with Crippen LogP contribution in [0.15, 0.2) is 29.4 Å². The predicted molar refractivity (Wildman–Crippen MR) is 116 cm³/mol. The van der Waals surface area contributed by atoms with Gasteiger partial charge >= 0.3 is 0 Å². The number of benzene rings is 1. The molecule has 1 aromatic heterocycles. The maximum Gasteiger partial charge on any atom is 0.236 e. The maximum absolute atomic E-state index is 13.1. The third-order valence-electron chi connectivity index (χ3n) is 5.40. The molecule has 0 bridgehead atoms. The van der Waals surface area contributed by atoms with Crippen molar-refractivity contribution in [3.63, 3.8) is 0 Å². The molecule has 0 saturated heterocycles. The summed E-state index contributed by atoms with van der Waals surface area (Å²) in [5.74, 6) is 1.01. The monoisotopic (exact) mass is 420 g/mol. The van der Waals surface area contributed by atoms with Gasteiger partial charge in [0.1, 0.15) is 0 Å². The van der Waals surface area contributed by atoms with E-state index in [4.69, 9.17) is 11.6 Å². The molecule has 1 saturated carbocycles. The zero-order valence-electron chi connectivity index (χ0n) is 16.9. The largest absolute Gasteiger partial charge is 0.339 e. The van der Waals surface area contributed by atoms with Gasteiger partial charge in [0, 0.05) is 29.7 Å². The Kier molecular flexibility index (Phi) is 7.41. The summed E-state index contributed by atoms with van der Waals surface area (Å²) in [5, 5.41) is 10.1. The number of thioether (sulfide) groups is 1. The first-order valence-corrected chi connectivity index (χ1v) is 11.5. The Morgan fingerprint density at radius 1 is 1.21 bits per heavy atom. The number of carbonyl (C=O) groups excluding carboxylic acids is 1. The summed E-state index contributed by atoms with van der Waals surface area (Å²) in [4.78, 5) is 15.2. The van der Waals surface area contributed by atoms with Crippen LogP contribution in [-0.2, 0) is 11.3 Å². The molecule has 0 aliphatic heterocycles. The summed E-state index contributed by atoms with van der Waals surface area (Å²) in [6.45, 7) is 7.64. The van der Waals surface area contributed by atoms with E-state index < -0.39 is 0 Å². The number of rotatable bonds is 7. The number of halogens is 1. The number of hydrogen-bond donors (Lipinski definition) is 0. The minimum Gasteiger partial charge on any atom is -0.339 e. The fourth-order valence-corrected chi connectivity index (χ4v) is 5.01. The number of hydrogen-bond acceptors (Lipinski definition) is 4. The third-order valence-corrected chi connectivity index (χ3v) is 6.72. The molecule has 0 spiro atoms. The van der Waals surface area contributed by atoms with Gasteiger partial charge in [-0.05, 0) is 57.9 Å². The lowest BCUT2D eigenvalue weighted by Gasteiger charge is -2.35. The van der Waals surface area contributed by atoms with Crippen LogP contribution >= 0.6 is 23.4 Å². The number of carbonyl (C=O) groups is 1. The van der Waals surface area contributed by atoms with Crippen molar-refractivity contribution in [3.8, 4) is 11.4 Å². The second-order valence-electron chi connectivity index (χ2n) is 7.23. The van der Waals surface area contributed by atoms with E-state index in [0.29, 0.717) is 11.1 Å². The van der Waals surface area contributed by atoms with E-state index in [1.54, 1.807) is 0 Å². The van der Waals surface area contributed by atoms with Gasteiger partial charge in [0.05, 0.1) is 5.25 Å². The van der Waals surface area contributed by atoms with Crippen molar-refractivity contribution in [2.75, 3.05) is 6.54 Å². The second-order valence-corrected chi connectivity index (χ2v) is 8.98. The Hall–Kier alpha value is -1.53. The van der Waals surface area contributed by atoms with Crippen LogP contribution in [-0.4, -0.2) is 43.4 Å². The van der Waals surface area contributed by atoms with Gasteiger partial charge in [0.25, 0.3) is 0 Å². The first-order valence-electron chi connectivity index (χ1n) is 10.2. The highest BCUT2D eigenvalue weighted by molar-refractivity contribution is 8.00. The predicted octanol–water partition coefficient (Wildman–Crippen LogP) is 5.28. The Bertz CT molecular complexity index is 786. The quantitative estimate of drug-likeness (QED) is 0.571. The molecular formula is C21H29ClN4OS. The number of nitrogens with zero attached hydrogens (tertiary/aromatic N) is 4. The van der Waals surface area contributed by atoms with Gasteiger partial charge in [-0.2, -0.15) is 0 Å². The molecule has 1 atom stereocenters. The molecule has 1 amide bonds. The smallest absolute Gasteiger partial charge is 0.236 e. The van der Waals surface area contributed by atoms with Crippen LogP contribution in [0.2, 0.25) is 5.02 Å². The van der Waals surface area contributed by atoms with Crippen molar-refractivity contribution in [2.45, 2.75) is 75.9 Å². The van der Waals surface area contributed by atoms with Crippen molar-refractivity contribution < 1.29 is 4.79 Å². The molecule has 2 aromatic rings. The van der Waals surface area contributed by atoms with E-state index in [-0.39, 0.29) is 11.2 Å². The highest BCUT2D eigenvalue weighted by atomic mass is 35.5. The van der Waals surface area contributed by atoms with E-state index in [1.165, 1.54) is 31.0 Å². The highest BCUT2D eigenvalue weighted by Gasteiger charge is 2.29. The maximum atomic E-state index is 13.1. The third kappa shape index (κ3) is 4.71. The van der Waals surface area contributed by atoms with E-state index in [1.807, 2.05) is 31.2 Å². The fraction of sp³-hybridized carbons (Fsp3) is 0.571. The van der Waals surface area contributed by atoms with Crippen molar-refractivity contribution in [1.29, 1.82) is 0 Å². The van der Waals surface area contributed by atoms with Gasteiger partial charge in [-0.3, -0.25) is 4.79 Å². The molecule has 3 rings (SSSR count).